The first kappa shape index (κ1) is 14.0. The lowest BCUT2D eigenvalue weighted by molar-refractivity contribution is -0.138. The smallest absolute Gasteiger partial charge is 0.222 e. The van der Waals surface area contributed by atoms with Gasteiger partial charge in [0.15, 0.2) is 6.29 Å². The Labute approximate surface area is 127 Å². The maximum absolute atomic E-state index is 12.6. The lowest BCUT2D eigenvalue weighted by Crippen LogP contribution is -2.42. The Hall–Kier alpha value is -0.610. The lowest BCUT2D eigenvalue weighted by atomic mass is 9.92. The summed E-state index contributed by atoms with van der Waals surface area (Å²) in [6.07, 6.45) is 8.35. The zero-order chi connectivity index (χ0) is 14.2. The Morgan fingerprint density at radius 2 is 1.52 bits per heavy atom. The lowest BCUT2D eigenvalue weighted by Gasteiger charge is -2.34. The molecular formula is C17H27NO3. The molecule has 0 bridgehead atoms. The zero-order valence-corrected chi connectivity index (χ0v) is 12.8. The van der Waals surface area contributed by atoms with E-state index in [1.807, 2.05) is 0 Å². The van der Waals surface area contributed by atoms with Crippen molar-refractivity contribution in [2.75, 3.05) is 26.3 Å². The van der Waals surface area contributed by atoms with E-state index in [0.29, 0.717) is 17.7 Å². The molecule has 0 unspecified atom stereocenters. The van der Waals surface area contributed by atoms with E-state index in [0.717, 1.165) is 57.4 Å². The third-order valence-corrected chi connectivity index (χ3v) is 5.79. The number of rotatable bonds is 5. The minimum atomic E-state index is -0.00655. The van der Waals surface area contributed by atoms with Crippen LogP contribution in [0.15, 0.2) is 0 Å². The molecule has 0 aromatic rings. The van der Waals surface area contributed by atoms with E-state index >= 15 is 0 Å². The standard InChI is InChI=1S/C17H27NO3/c19-16(11-15(12-1-2-12)13-3-4-13)18-7-5-14(6-8-18)17-20-9-10-21-17/h12-15,17H,1-11H2. The minimum Gasteiger partial charge on any atom is -0.350 e. The van der Waals surface area contributed by atoms with Gasteiger partial charge in [-0.05, 0) is 56.3 Å². The fourth-order valence-corrected chi connectivity index (χ4v) is 4.17. The summed E-state index contributed by atoms with van der Waals surface area (Å²) in [6, 6.07) is 0. The van der Waals surface area contributed by atoms with Gasteiger partial charge in [-0.15, -0.1) is 0 Å². The average Bonchev–Trinajstić information content (AvgIpc) is 3.44. The molecule has 0 aromatic carbocycles. The summed E-state index contributed by atoms with van der Waals surface area (Å²) in [5.41, 5.74) is 0. The van der Waals surface area contributed by atoms with E-state index in [1.165, 1.54) is 25.7 Å². The van der Waals surface area contributed by atoms with Crippen LogP contribution in [0.5, 0.6) is 0 Å². The van der Waals surface area contributed by atoms with Gasteiger partial charge in [0.25, 0.3) is 0 Å². The summed E-state index contributed by atoms with van der Waals surface area (Å²) in [7, 11) is 0. The van der Waals surface area contributed by atoms with Crippen molar-refractivity contribution in [3.8, 4) is 0 Å². The topological polar surface area (TPSA) is 38.8 Å². The van der Waals surface area contributed by atoms with Gasteiger partial charge in [-0.3, -0.25) is 4.79 Å². The number of hydrogen-bond acceptors (Lipinski definition) is 3. The molecule has 0 atom stereocenters. The Morgan fingerprint density at radius 3 is 2.05 bits per heavy atom. The molecule has 4 fully saturated rings. The Balaban J connectivity index is 1.26. The third-order valence-electron chi connectivity index (χ3n) is 5.79. The molecule has 0 radical (unpaired) electrons. The van der Waals surface area contributed by atoms with E-state index in [9.17, 15) is 4.79 Å². The molecule has 118 valence electrons. The minimum absolute atomic E-state index is 0.00655. The van der Waals surface area contributed by atoms with Gasteiger partial charge in [0.2, 0.25) is 5.91 Å². The predicted molar refractivity (Wildman–Crippen MR) is 78.6 cm³/mol. The largest absolute Gasteiger partial charge is 0.350 e. The molecule has 1 amide bonds. The monoisotopic (exact) mass is 293 g/mol. The molecule has 4 rings (SSSR count). The number of amides is 1. The molecule has 2 aliphatic carbocycles. The molecular weight excluding hydrogens is 266 g/mol. The van der Waals surface area contributed by atoms with Crippen LogP contribution < -0.4 is 0 Å². The molecule has 4 aliphatic rings. The van der Waals surface area contributed by atoms with E-state index in [-0.39, 0.29) is 6.29 Å². The zero-order valence-electron chi connectivity index (χ0n) is 12.8. The van der Waals surface area contributed by atoms with Crippen LogP contribution in [0, 0.1) is 23.7 Å². The number of ether oxygens (including phenoxy) is 2. The fraction of sp³-hybridized carbons (Fsp3) is 0.941. The predicted octanol–water partition coefficient (Wildman–Crippen LogP) is 2.42. The van der Waals surface area contributed by atoms with Crippen LogP contribution >= 0.6 is 0 Å². The maximum atomic E-state index is 12.6. The van der Waals surface area contributed by atoms with Crippen LogP contribution in [-0.4, -0.2) is 43.4 Å². The van der Waals surface area contributed by atoms with Gasteiger partial charge in [0.05, 0.1) is 13.2 Å². The molecule has 2 saturated heterocycles. The van der Waals surface area contributed by atoms with Crippen molar-refractivity contribution in [2.45, 2.75) is 51.2 Å². The first-order valence-corrected chi connectivity index (χ1v) is 8.82. The Kier molecular flexibility index (Phi) is 3.92. The molecule has 2 heterocycles. The Bertz CT molecular complexity index is 365. The fourth-order valence-electron chi connectivity index (χ4n) is 4.17. The number of hydrogen-bond donors (Lipinski definition) is 0. The molecule has 0 aromatic heterocycles. The van der Waals surface area contributed by atoms with Crippen molar-refractivity contribution in [1.29, 1.82) is 0 Å². The highest BCUT2D eigenvalue weighted by atomic mass is 16.7. The van der Waals surface area contributed by atoms with Crippen molar-refractivity contribution >= 4 is 5.91 Å². The summed E-state index contributed by atoms with van der Waals surface area (Å²) in [5, 5.41) is 0. The van der Waals surface area contributed by atoms with Crippen molar-refractivity contribution in [2.24, 2.45) is 23.7 Å². The first-order valence-electron chi connectivity index (χ1n) is 8.82. The van der Waals surface area contributed by atoms with Gasteiger partial charge >= 0.3 is 0 Å². The SMILES string of the molecule is O=C(CC(C1CC1)C1CC1)N1CCC(C2OCCO2)CC1. The van der Waals surface area contributed by atoms with Crippen LogP contribution in [0.4, 0.5) is 0 Å². The van der Waals surface area contributed by atoms with Crippen LogP contribution in [0.25, 0.3) is 0 Å². The van der Waals surface area contributed by atoms with Crippen molar-refractivity contribution in [1.82, 2.24) is 4.90 Å². The van der Waals surface area contributed by atoms with Gasteiger partial charge in [-0.2, -0.15) is 0 Å². The second kappa shape index (κ2) is 5.88. The molecule has 21 heavy (non-hydrogen) atoms. The number of likely N-dealkylation sites (tertiary alicyclic amines) is 1. The highest BCUT2D eigenvalue weighted by Crippen LogP contribution is 2.50. The quantitative estimate of drug-likeness (QED) is 0.781. The van der Waals surface area contributed by atoms with E-state index in [4.69, 9.17) is 9.47 Å². The van der Waals surface area contributed by atoms with E-state index in [1.54, 1.807) is 0 Å². The first-order chi connectivity index (χ1) is 10.3. The van der Waals surface area contributed by atoms with Gasteiger partial charge < -0.3 is 14.4 Å². The summed E-state index contributed by atoms with van der Waals surface area (Å²) < 4.78 is 11.2. The van der Waals surface area contributed by atoms with Crippen molar-refractivity contribution in [3.63, 3.8) is 0 Å². The molecule has 2 aliphatic heterocycles. The normalized spacial score (nSPS) is 28.5. The second-order valence-corrected chi connectivity index (χ2v) is 7.37. The number of carbonyl (C=O) groups excluding carboxylic acids is 1. The third kappa shape index (κ3) is 3.26. The Morgan fingerprint density at radius 1 is 0.952 bits per heavy atom. The second-order valence-electron chi connectivity index (χ2n) is 7.37. The maximum Gasteiger partial charge on any atom is 0.222 e. The van der Waals surface area contributed by atoms with Gasteiger partial charge in [-0.25, -0.2) is 0 Å². The van der Waals surface area contributed by atoms with Crippen molar-refractivity contribution < 1.29 is 14.3 Å². The van der Waals surface area contributed by atoms with Crippen LogP contribution in [0.2, 0.25) is 0 Å². The number of nitrogens with zero attached hydrogens (tertiary/aromatic N) is 1. The molecule has 0 spiro atoms. The summed E-state index contributed by atoms with van der Waals surface area (Å²) in [4.78, 5) is 14.7. The van der Waals surface area contributed by atoms with Crippen molar-refractivity contribution in [3.05, 3.63) is 0 Å². The summed E-state index contributed by atoms with van der Waals surface area (Å²) in [5.74, 6) is 3.35. The van der Waals surface area contributed by atoms with Gasteiger partial charge in [-0.1, -0.05) is 0 Å². The number of piperidine rings is 1. The van der Waals surface area contributed by atoms with E-state index in [2.05, 4.69) is 4.90 Å². The summed E-state index contributed by atoms with van der Waals surface area (Å²) in [6.45, 7) is 3.26. The van der Waals surface area contributed by atoms with Crippen LogP contribution in [0.1, 0.15) is 44.9 Å². The molecule has 4 heteroatoms. The van der Waals surface area contributed by atoms with Gasteiger partial charge in [0, 0.05) is 25.4 Å². The highest BCUT2D eigenvalue weighted by molar-refractivity contribution is 5.76. The average molecular weight is 293 g/mol. The summed E-state index contributed by atoms with van der Waals surface area (Å²) >= 11 is 0. The molecule has 4 nitrogen and oxygen atoms in total. The van der Waals surface area contributed by atoms with Gasteiger partial charge in [0.1, 0.15) is 0 Å². The molecule has 0 N–H and O–H groups in total. The molecule has 2 saturated carbocycles. The van der Waals surface area contributed by atoms with Crippen LogP contribution in [0.3, 0.4) is 0 Å². The number of carbonyl (C=O) groups is 1. The van der Waals surface area contributed by atoms with Crippen LogP contribution in [-0.2, 0) is 14.3 Å². The highest BCUT2D eigenvalue weighted by Gasteiger charge is 2.43. The van der Waals surface area contributed by atoms with E-state index < -0.39 is 0 Å².